The number of rotatable bonds is 7. The number of nitrogens with zero attached hydrogens (tertiary/aromatic N) is 2. The summed E-state index contributed by atoms with van der Waals surface area (Å²) in [5.41, 5.74) is 0. The van der Waals surface area contributed by atoms with Crippen LogP contribution in [0.3, 0.4) is 0 Å². The highest BCUT2D eigenvalue weighted by Crippen LogP contribution is 2.18. The Labute approximate surface area is 116 Å². The SMILES string of the molecule is CCCN(CCC)S(=O)(=O)N1CC(C)OC(CO)C1. The van der Waals surface area contributed by atoms with Crippen molar-refractivity contribution in [1.82, 2.24) is 8.61 Å². The van der Waals surface area contributed by atoms with E-state index in [4.69, 9.17) is 4.74 Å². The van der Waals surface area contributed by atoms with Crippen LogP contribution < -0.4 is 0 Å². The third kappa shape index (κ3) is 4.39. The van der Waals surface area contributed by atoms with E-state index < -0.39 is 16.3 Å². The molecule has 0 spiro atoms. The lowest BCUT2D eigenvalue weighted by Gasteiger charge is -2.37. The van der Waals surface area contributed by atoms with Gasteiger partial charge in [0, 0.05) is 26.2 Å². The fourth-order valence-corrected chi connectivity index (χ4v) is 4.20. The third-order valence-corrected chi connectivity index (χ3v) is 5.06. The number of hydrogen-bond donors (Lipinski definition) is 1. The normalized spacial score (nSPS) is 25.9. The van der Waals surface area contributed by atoms with Crippen LogP contribution in [0.25, 0.3) is 0 Å². The summed E-state index contributed by atoms with van der Waals surface area (Å²) in [4.78, 5) is 0. The van der Waals surface area contributed by atoms with Crippen molar-refractivity contribution >= 4 is 10.2 Å². The molecule has 0 aromatic rings. The Hall–Kier alpha value is -0.210. The van der Waals surface area contributed by atoms with Gasteiger partial charge < -0.3 is 9.84 Å². The molecule has 0 bridgehead atoms. The molecule has 1 heterocycles. The fraction of sp³-hybridized carbons (Fsp3) is 1.00. The molecule has 2 atom stereocenters. The van der Waals surface area contributed by atoms with E-state index in [9.17, 15) is 13.5 Å². The van der Waals surface area contributed by atoms with Crippen LogP contribution in [-0.4, -0.2) is 67.1 Å². The monoisotopic (exact) mass is 294 g/mol. The number of aliphatic hydroxyl groups excluding tert-OH is 1. The van der Waals surface area contributed by atoms with Gasteiger partial charge in [-0.1, -0.05) is 13.8 Å². The van der Waals surface area contributed by atoms with Crippen molar-refractivity contribution in [3.05, 3.63) is 0 Å². The van der Waals surface area contributed by atoms with Crippen LogP contribution >= 0.6 is 0 Å². The quantitative estimate of drug-likeness (QED) is 0.739. The molecule has 1 aliphatic rings. The molecule has 114 valence electrons. The van der Waals surface area contributed by atoms with Crippen LogP contribution in [0, 0.1) is 0 Å². The van der Waals surface area contributed by atoms with Gasteiger partial charge in [-0.25, -0.2) is 0 Å². The van der Waals surface area contributed by atoms with E-state index in [1.54, 1.807) is 0 Å². The molecule has 0 aromatic carbocycles. The van der Waals surface area contributed by atoms with E-state index in [1.807, 2.05) is 20.8 Å². The molecule has 0 amide bonds. The van der Waals surface area contributed by atoms with Crippen LogP contribution in [0.15, 0.2) is 0 Å². The molecule has 6 nitrogen and oxygen atoms in total. The summed E-state index contributed by atoms with van der Waals surface area (Å²) in [6.45, 7) is 7.26. The van der Waals surface area contributed by atoms with Crippen molar-refractivity contribution < 1.29 is 18.3 Å². The second-order valence-corrected chi connectivity index (χ2v) is 6.90. The molecule has 1 saturated heterocycles. The van der Waals surface area contributed by atoms with Gasteiger partial charge in [0.15, 0.2) is 0 Å². The molecule has 0 saturated carbocycles. The molecule has 1 rings (SSSR count). The number of ether oxygens (including phenoxy) is 1. The van der Waals surface area contributed by atoms with E-state index >= 15 is 0 Å². The smallest absolute Gasteiger partial charge is 0.282 e. The van der Waals surface area contributed by atoms with Crippen LogP contribution in [0.1, 0.15) is 33.6 Å². The summed E-state index contributed by atoms with van der Waals surface area (Å²) < 4.78 is 33.6. The molecule has 2 unspecified atom stereocenters. The van der Waals surface area contributed by atoms with Crippen LogP contribution in [0.5, 0.6) is 0 Å². The van der Waals surface area contributed by atoms with E-state index in [2.05, 4.69) is 0 Å². The highest BCUT2D eigenvalue weighted by molar-refractivity contribution is 7.86. The topological polar surface area (TPSA) is 70.1 Å². The summed E-state index contributed by atoms with van der Waals surface area (Å²) in [6.07, 6.45) is 0.972. The number of morpholine rings is 1. The maximum atomic E-state index is 12.6. The first kappa shape index (κ1) is 16.8. The lowest BCUT2D eigenvalue weighted by atomic mass is 10.2. The maximum Gasteiger partial charge on any atom is 0.282 e. The van der Waals surface area contributed by atoms with Gasteiger partial charge in [-0.3, -0.25) is 0 Å². The second-order valence-electron chi connectivity index (χ2n) is 4.98. The highest BCUT2D eigenvalue weighted by Gasteiger charge is 2.35. The lowest BCUT2D eigenvalue weighted by molar-refractivity contribution is -0.0761. The lowest BCUT2D eigenvalue weighted by Crippen LogP contribution is -2.54. The molecule has 1 aliphatic heterocycles. The van der Waals surface area contributed by atoms with Gasteiger partial charge in [-0.05, 0) is 19.8 Å². The maximum absolute atomic E-state index is 12.6. The minimum atomic E-state index is -3.45. The first-order valence-electron chi connectivity index (χ1n) is 6.97. The molecular weight excluding hydrogens is 268 g/mol. The highest BCUT2D eigenvalue weighted by atomic mass is 32.2. The van der Waals surface area contributed by atoms with Crippen molar-refractivity contribution in [3.63, 3.8) is 0 Å². The fourth-order valence-electron chi connectivity index (χ4n) is 2.30. The molecular formula is C12H26N2O4S. The van der Waals surface area contributed by atoms with Crippen LogP contribution in [0.4, 0.5) is 0 Å². The van der Waals surface area contributed by atoms with E-state index in [0.29, 0.717) is 19.6 Å². The largest absolute Gasteiger partial charge is 0.394 e. The van der Waals surface area contributed by atoms with Gasteiger partial charge in [0.05, 0.1) is 18.8 Å². The van der Waals surface area contributed by atoms with Crippen LogP contribution in [-0.2, 0) is 14.9 Å². The Balaban J connectivity index is 2.84. The predicted octanol–water partition coefficient (Wildman–Crippen LogP) is 0.435. The Morgan fingerprint density at radius 3 is 2.32 bits per heavy atom. The first-order valence-corrected chi connectivity index (χ1v) is 8.36. The van der Waals surface area contributed by atoms with Gasteiger partial charge in [-0.2, -0.15) is 17.0 Å². The van der Waals surface area contributed by atoms with Gasteiger partial charge in [-0.15, -0.1) is 0 Å². The Kier molecular flexibility index (Phi) is 6.68. The third-order valence-electron chi connectivity index (χ3n) is 3.10. The average Bonchev–Trinajstić information content (AvgIpc) is 2.37. The molecule has 0 radical (unpaired) electrons. The Morgan fingerprint density at radius 2 is 1.84 bits per heavy atom. The number of hydrogen-bond acceptors (Lipinski definition) is 4. The predicted molar refractivity (Wildman–Crippen MR) is 74.1 cm³/mol. The first-order chi connectivity index (χ1) is 8.95. The second kappa shape index (κ2) is 7.54. The zero-order valence-corrected chi connectivity index (χ0v) is 12.9. The molecule has 7 heteroatoms. The standard InChI is InChI=1S/C12H26N2O4S/c1-4-6-13(7-5-2)19(16,17)14-8-11(3)18-12(9-14)10-15/h11-12,15H,4-10H2,1-3H3. The van der Waals surface area contributed by atoms with Crippen molar-refractivity contribution in [2.75, 3.05) is 32.8 Å². The molecule has 1 fully saturated rings. The Bertz CT molecular complexity index is 355. The summed E-state index contributed by atoms with van der Waals surface area (Å²) >= 11 is 0. The van der Waals surface area contributed by atoms with Crippen LogP contribution in [0.2, 0.25) is 0 Å². The van der Waals surface area contributed by atoms with Crippen molar-refractivity contribution in [2.45, 2.75) is 45.8 Å². The van der Waals surface area contributed by atoms with Crippen molar-refractivity contribution in [2.24, 2.45) is 0 Å². The summed E-state index contributed by atoms with van der Waals surface area (Å²) in [6, 6.07) is 0. The summed E-state index contributed by atoms with van der Waals surface area (Å²) in [5.74, 6) is 0. The molecule has 0 aromatic heterocycles. The molecule has 19 heavy (non-hydrogen) atoms. The Morgan fingerprint density at radius 1 is 1.26 bits per heavy atom. The zero-order valence-electron chi connectivity index (χ0n) is 12.1. The van der Waals surface area contributed by atoms with Gasteiger partial charge in [0.25, 0.3) is 10.2 Å². The summed E-state index contributed by atoms with van der Waals surface area (Å²) in [5, 5.41) is 9.18. The van der Waals surface area contributed by atoms with E-state index in [-0.39, 0.29) is 19.3 Å². The van der Waals surface area contributed by atoms with E-state index in [0.717, 1.165) is 12.8 Å². The van der Waals surface area contributed by atoms with Gasteiger partial charge in [0.2, 0.25) is 0 Å². The number of aliphatic hydroxyl groups is 1. The van der Waals surface area contributed by atoms with Crippen molar-refractivity contribution in [1.29, 1.82) is 0 Å². The average molecular weight is 294 g/mol. The van der Waals surface area contributed by atoms with Crippen molar-refractivity contribution in [3.8, 4) is 0 Å². The molecule has 0 aliphatic carbocycles. The molecule has 1 N–H and O–H groups in total. The van der Waals surface area contributed by atoms with Gasteiger partial charge >= 0.3 is 0 Å². The minimum Gasteiger partial charge on any atom is -0.394 e. The zero-order chi connectivity index (χ0) is 14.5. The summed E-state index contributed by atoms with van der Waals surface area (Å²) in [7, 11) is -3.45. The van der Waals surface area contributed by atoms with Gasteiger partial charge in [0.1, 0.15) is 0 Å². The minimum absolute atomic E-state index is 0.155. The van der Waals surface area contributed by atoms with E-state index in [1.165, 1.54) is 8.61 Å².